The number of nitrogens with zero attached hydrogens (tertiary/aromatic N) is 1. The summed E-state index contributed by atoms with van der Waals surface area (Å²) < 4.78 is 5.61. The highest BCUT2D eigenvalue weighted by molar-refractivity contribution is 6.17. The van der Waals surface area contributed by atoms with Crippen molar-refractivity contribution in [2.24, 2.45) is 0 Å². The molecule has 1 rings (SSSR count). The molecular weight excluding hydrogens is 210 g/mol. The highest BCUT2D eigenvalue weighted by Crippen LogP contribution is 2.16. The van der Waals surface area contributed by atoms with E-state index < -0.39 is 0 Å². The summed E-state index contributed by atoms with van der Waals surface area (Å²) in [6, 6.07) is 0. The van der Waals surface area contributed by atoms with Crippen molar-refractivity contribution in [3.63, 3.8) is 0 Å². The first-order chi connectivity index (χ1) is 7.36. The van der Waals surface area contributed by atoms with Gasteiger partial charge >= 0.3 is 0 Å². The van der Waals surface area contributed by atoms with E-state index in [4.69, 9.17) is 16.3 Å². The van der Waals surface area contributed by atoms with Gasteiger partial charge in [-0.1, -0.05) is 6.92 Å². The van der Waals surface area contributed by atoms with E-state index in [0.717, 1.165) is 32.0 Å². The molecule has 1 aliphatic rings. The highest BCUT2D eigenvalue weighted by Gasteiger charge is 2.14. The van der Waals surface area contributed by atoms with Crippen molar-refractivity contribution in [2.75, 3.05) is 32.1 Å². The number of hydrogen-bond donors (Lipinski definition) is 0. The minimum absolute atomic E-state index is 0.553. The van der Waals surface area contributed by atoms with E-state index in [9.17, 15) is 0 Å². The predicted molar refractivity (Wildman–Crippen MR) is 65.7 cm³/mol. The van der Waals surface area contributed by atoms with E-state index in [-0.39, 0.29) is 0 Å². The van der Waals surface area contributed by atoms with Gasteiger partial charge in [-0.05, 0) is 51.7 Å². The van der Waals surface area contributed by atoms with Crippen LogP contribution in [0.5, 0.6) is 0 Å². The van der Waals surface area contributed by atoms with Crippen LogP contribution in [0, 0.1) is 0 Å². The standard InChI is InChI=1S/C12H24ClNO/c1-2-14(10-5-8-13)9-3-6-12-7-4-11-15-12/h12H,2-11H2,1H3. The molecule has 1 heterocycles. The topological polar surface area (TPSA) is 12.5 Å². The van der Waals surface area contributed by atoms with Crippen LogP contribution in [-0.2, 0) is 4.74 Å². The highest BCUT2D eigenvalue weighted by atomic mass is 35.5. The number of ether oxygens (including phenoxy) is 1. The summed E-state index contributed by atoms with van der Waals surface area (Å²) >= 11 is 5.69. The van der Waals surface area contributed by atoms with Gasteiger partial charge in [-0.3, -0.25) is 0 Å². The van der Waals surface area contributed by atoms with Crippen LogP contribution in [0.15, 0.2) is 0 Å². The maximum absolute atomic E-state index is 5.69. The zero-order chi connectivity index (χ0) is 10.9. The summed E-state index contributed by atoms with van der Waals surface area (Å²) in [4.78, 5) is 2.48. The van der Waals surface area contributed by atoms with E-state index in [0.29, 0.717) is 6.10 Å². The predicted octanol–water partition coefficient (Wildman–Crippen LogP) is 2.90. The van der Waals surface area contributed by atoms with Crippen molar-refractivity contribution in [3.05, 3.63) is 0 Å². The monoisotopic (exact) mass is 233 g/mol. The summed E-state index contributed by atoms with van der Waals surface area (Å²) in [5.41, 5.74) is 0. The summed E-state index contributed by atoms with van der Waals surface area (Å²) in [5, 5.41) is 0. The van der Waals surface area contributed by atoms with Crippen LogP contribution < -0.4 is 0 Å². The molecule has 3 heteroatoms. The molecule has 0 saturated carbocycles. The molecule has 1 saturated heterocycles. The third kappa shape index (κ3) is 5.74. The van der Waals surface area contributed by atoms with Gasteiger partial charge in [0.2, 0.25) is 0 Å². The first-order valence-electron chi connectivity index (χ1n) is 6.26. The van der Waals surface area contributed by atoms with Crippen molar-refractivity contribution in [1.82, 2.24) is 4.90 Å². The lowest BCUT2D eigenvalue weighted by Crippen LogP contribution is -2.26. The molecule has 0 aliphatic carbocycles. The largest absolute Gasteiger partial charge is 0.378 e. The number of alkyl halides is 1. The van der Waals surface area contributed by atoms with Crippen LogP contribution in [0.3, 0.4) is 0 Å². The zero-order valence-corrected chi connectivity index (χ0v) is 10.6. The molecule has 1 unspecified atom stereocenters. The summed E-state index contributed by atoms with van der Waals surface area (Å²) in [6.07, 6.45) is 6.69. The van der Waals surface area contributed by atoms with Crippen molar-refractivity contribution in [3.8, 4) is 0 Å². The lowest BCUT2D eigenvalue weighted by Gasteiger charge is -2.20. The lowest BCUT2D eigenvalue weighted by molar-refractivity contribution is 0.0989. The van der Waals surface area contributed by atoms with Crippen LogP contribution in [0.25, 0.3) is 0 Å². The fourth-order valence-electron chi connectivity index (χ4n) is 2.13. The second kappa shape index (κ2) is 8.37. The molecule has 0 aromatic heterocycles. The van der Waals surface area contributed by atoms with E-state index in [1.165, 1.54) is 32.2 Å². The molecule has 2 nitrogen and oxygen atoms in total. The molecular formula is C12H24ClNO. The Morgan fingerprint density at radius 1 is 1.33 bits per heavy atom. The van der Waals surface area contributed by atoms with Gasteiger partial charge in [0.05, 0.1) is 6.10 Å². The fourth-order valence-corrected chi connectivity index (χ4v) is 2.25. The molecule has 15 heavy (non-hydrogen) atoms. The maximum Gasteiger partial charge on any atom is 0.0576 e. The lowest BCUT2D eigenvalue weighted by atomic mass is 10.1. The summed E-state index contributed by atoms with van der Waals surface area (Å²) in [5.74, 6) is 0.780. The van der Waals surface area contributed by atoms with Crippen LogP contribution in [-0.4, -0.2) is 43.1 Å². The van der Waals surface area contributed by atoms with Gasteiger partial charge in [-0.2, -0.15) is 0 Å². The second-order valence-corrected chi connectivity index (χ2v) is 4.63. The van der Waals surface area contributed by atoms with Crippen molar-refractivity contribution in [1.29, 1.82) is 0 Å². The average molecular weight is 234 g/mol. The van der Waals surface area contributed by atoms with Crippen LogP contribution in [0.4, 0.5) is 0 Å². The number of halogens is 1. The van der Waals surface area contributed by atoms with Gasteiger partial charge in [0, 0.05) is 12.5 Å². The van der Waals surface area contributed by atoms with Crippen LogP contribution >= 0.6 is 11.6 Å². The van der Waals surface area contributed by atoms with Gasteiger partial charge in [-0.15, -0.1) is 11.6 Å². The zero-order valence-electron chi connectivity index (χ0n) is 9.88. The molecule has 0 radical (unpaired) electrons. The minimum atomic E-state index is 0.553. The third-order valence-corrected chi connectivity index (χ3v) is 3.35. The van der Waals surface area contributed by atoms with Gasteiger partial charge in [-0.25, -0.2) is 0 Å². The third-order valence-electron chi connectivity index (χ3n) is 3.08. The smallest absolute Gasteiger partial charge is 0.0576 e. The van der Waals surface area contributed by atoms with E-state index in [1.54, 1.807) is 0 Å². The molecule has 1 aliphatic heterocycles. The Kier molecular flexibility index (Phi) is 7.41. The summed E-state index contributed by atoms with van der Waals surface area (Å²) in [6.45, 7) is 6.69. The van der Waals surface area contributed by atoms with Gasteiger partial charge in [0.25, 0.3) is 0 Å². The summed E-state index contributed by atoms with van der Waals surface area (Å²) in [7, 11) is 0. The Labute approximate surface area is 98.9 Å². The Balaban J connectivity index is 2.00. The average Bonchev–Trinajstić information content (AvgIpc) is 2.76. The molecule has 0 N–H and O–H groups in total. The Morgan fingerprint density at radius 3 is 2.73 bits per heavy atom. The minimum Gasteiger partial charge on any atom is -0.378 e. The molecule has 1 fully saturated rings. The molecule has 0 spiro atoms. The number of rotatable bonds is 8. The van der Waals surface area contributed by atoms with Crippen LogP contribution in [0.1, 0.15) is 39.0 Å². The Morgan fingerprint density at radius 2 is 2.13 bits per heavy atom. The van der Waals surface area contributed by atoms with Gasteiger partial charge in [0.15, 0.2) is 0 Å². The molecule has 0 aromatic rings. The molecule has 0 aromatic carbocycles. The van der Waals surface area contributed by atoms with Gasteiger partial charge in [0.1, 0.15) is 0 Å². The van der Waals surface area contributed by atoms with Crippen molar-refractivity contribution in [2.45, 2.75) is 45.1 Å². The molecule has 90 valence electrons. The fraction of sp³-hybridized carbons (Fsp3) is 1.00. The van der Waals surface area contributed by atoms with E-state index in [1.807, 2.05) is 0 Å². The quantitative estimate of drug-likeness (QED) is 0.598. The first kappa shape index (κ1) is 13.3. The molecule has 0 bridgehead atoms. The number of hydrogen-bond acceptors (Lipinski definition) is 2. The molecule has 1 atom stereocenters. The maximum atomic E-state index is 5.69. The first-order valence-corrected chi connectivity index (χ1v) is 6.80. The van der Waals surface area contributed by atoms with Gasteiger partial charge < -0.3 is 9.64 Å². The SMILES string of the molecule is CCN(CCCCl)CCCC1CCCO1. The Hall–Kier alpha value is 0.210. The van der Waals surface area contributed by atoms with Crippen molar-refractivity contribution >= 4 is 11.6 Å². The van der Waals surface area contributed by atoms with E-state index in [2.05, 4.69) is 11.8 Å². The second-order valence-electron chi connectivity index (χ2n) is 4.25. The van der Waals surface area contributed by atoms with E-state index >= 15 is 0 Å². The van der Waals surface area contributed by atoms with Crippen LogP contribution in [0.2, 0.25) is 0 Å². The van der Waals surface area contributed by atoms with Crippen molar-refractivity contribution < 1.29 is 4.74 Å². The Bertz CT molecular complexity index is 149. The molecule has 0 amide bonds. The normalized spacial score (nSPS) is 21.4.